The summed E-state index contributed by atoms with van der Waals surface area (Å²) in [5.74, 6) is -0.307. The summed E-state index contributed by atoms with van der Waals surface area (Å²) in [4.78, 5) is 23.9. The third-order valence-electron chi connectivity index (χ3n) is 3.61. The van der Waals surface area contributed by atoms with Gasteiger partial charge in [-0.2, -0.15) is 11.8 Å². The number of carbonyl (C=O) groups is 1. The molecule has 0 saturated carbocycles. The Hall–Kier alpha value is -1.76. The Morgan fingerprint density at radius 2 is 2.20 bits per heavy atom. The summed E-state index contributed by atoms with van der Waals surface area (Å²) in [5.41, 5.74) is 0.0747. The van der Waals surface area contributed by atoms with Gasteiger partial charge in [-0.15, -0.1) is 0 Å². The fourth-order valence-electron chi connectivity index (χ4n) is 2.40. The first-order chi connectivity index (χ1) is 9.43. The molecule has 2 unspecified atom stereocenters. The van der Waals surface area contributed by atoms with Gasteiger partial charge in [-0.3, -0.25) is 10.1 Å². The normalized spacial score (nSPS) is 22.6. The maximum atomic E-state index is 11.4. The van der Waals surface area contributed by atoms with Gasteiger partial charge in [0.1, 0.15) is 5.69 Å². The summed E-state index contributed by atoms with van der Waals surface area (Å²) in [7, 11) is 0. The van der Waals surface area contributed by atoms with Gasteiger partial charge in [0.2, 0.25) is 0 Å². The fraction of sp³-hybridized carbons (Fsp3) is 0.462. The van der Waals surface area contributed by atoms with Crippen LogP contribution in [0.3, 0.4) is 0 Å². The van der Waals surface area contributed by atoms with Crippen LogP contribution in [0.2, 0.25) is 0 Å². The number of nitro groups is 1. The lowest BCUT2D eigenvalue weighted by molar-refractivity contribution is -0.384. The Kier molecular flexibility index (Phi) is 4.17. The van der Waals surface area contributed by atoms with Crippen molar-refractivity contribution in [3.63, 3.8) is 0 Å². The lowest BCUT2D eigenvalue weighted by Gasteiger charge is -2.39. The van der Waals surface area contributed by atoms with E-state index >= 15 is 0 Å². The highest BCUT2D eigenvalue weighted by molar-refractivity contribution is 8.00. The zero-order chi connectivity index (χ0) is 14.9. The minimum atomic E-state index is -1.14. The topological polar surface area (TPSA) is 83.7 Å². The van der Waals surface area contributed by atoms with E-state index < -0.39 is 10.9 Å². The van der Waals surface area contributed by atoms with E-state index in [9.17, 15) is 20.0 Å². The zero-order valence-electron chi connectivity index (χ0n) is 11.3. The van der Waals surface area contributed by atoms with Crippen LogP contribution in [-0.4, -0.2) is 39.6 Å². The van der Waals surface area contributed by atoms with E-state index in [1.54, 1.807) is 11.8 Å². The number of hydrogen-bond acceptors (Lipinski definition) is 5. The molecule has 1 aromatic rings. The molecule has 0 aliphatic carbocycles. The van der Waals surface area contributed by atoms with Crippen molar-refractivity contribution >= 4 is 29.1 Å². The van der Waals surface area contributed by atoms with Crippen LogP contribution in [0.15, 0.2) is 18.2 Å². The maximum Gasteiger partial charge on any atom is 0.338 e. The van der Waals surface area contributed by atoms with Gasteiger partial charge >= 0.3 is 5.97 Å². The largest absolute Gasteiger partial charge is 0.478 e. The quantitative estimate of drug-likeness (QED) is 0.682. The molecular weight excluding hydrogens is 280 g/mol. The molecule has 1 aliphatic rings. The number of hydrogen-bond donors (Lipinski definition) is 1. The second-order valence-electron chi connectivity index (χ2n) is 4.75. The van der Waals surface area contributed by atoms with Crippen molar-refractivity contribution in [1.82, 2.24) is 0 Å². The summed E-state index contributed by atoms with van der Waals surface area (Å²) in [6.45, 7) is 4.64. The number of carboxylic acid groups (broad SMARTS) is 1. The number of nitro benzene ring substituents is 1. The van der Waals surface area contributed by atoms with Crippen molar-refractivity contribution in [2.45, 2.75) is 25.1 Å². The van der Waals surface area contributed by atoms with E-state index in [1.807, 2.05) is 11.8 Å². The van der Waals surface area contributed by atoms with Crippen molar-refractivity contribution < 1.29 is 14.8 Å². The molecule has 1 heterocycles. The molecule has 108 valence electrons. The number of rotatable bonds is 3. The van der Waals surface area contributed by atoms with E-state index in [-0.39, 0.29) is 23.0 Å². The van der Waals surface area contributed by atoms with Crippen LogP contribution in [-0.2, 0) is 0 Å². The van der Waals surface area contributed by atoms with Gasteiger partial charge in [-0.25, -0.2) is 4.79 Å². The molecule has 1 N–H and O–H groups in total. The molecule has 1 aromatic carbocycles. The first-order valence-electron chi connectivity index (χ1n) is 6.32. The lowest BCUT2D eigenvalue weighted by Crippen LogP contribution is -2.45. The molecule has 0 amide bonds. The van der Waals surface area contributed by atoms with E-state index in [2.05, 4.69) is 6.92 Å². The molecule has 2 atom stereocenters. The van der Waals surface area contributed by atoms with Crippen LogP contribution < -0.4 is 4.90 Å². The molecule has 1 fully saturated rings. The van der Waals surface area contributed by atoms with Gasteiger partial charge in [0.15, 0.2) is 0 Å². The fourth-order valence-corrected chi connectivity index (χ4v) is 3.50. The van der Waals surface area contributed by atoms with Gasteiger partial charge < -0.3 is 10.0 Å². The third kappa shape index (κ3) is 2.58. The van der Waals surface area contributed by atoms with Crippen LogP contribution in [0, 0.1) is 10.1 Å². The van der Waals surface area contributed by atoms with Crippen molar-refractivity contribution in [3.8, 4) is 0 Å². The lowest BCUT2D eigenvalue weighted by atomic mass is 10.1. The van der Waals surface area contributed by atoms with Crippen molar-refractivity contribution in [2.24, 2.45) is 0 Å². The van der Waals surface area contributed by atoms with Crippen LogP contribution in [0.1, 0.15) is 24.2 Å². The second kappa shape index (κ2) is 5.70. The molecular formula is C13H16N2O4S. The van der Waals surface area contributed by atoms with E-state index in [1.165, 1.54) is 18.2 Å². The molecule has 1 aliphatic heterocycles. The Balaban J connectivity index is 2.58. The molecule has 0 spiro atoms. The Morgan fingerprint density at radius 3 is 2.80 bits per heavy atom. The minimum absolute atomic E-state index is 0.00912. The average molecular weight is 296 g/mol. The van der Waals surface area contributed by atoms with E-state index in [0.29, 0.717) is 11.8 Å². The molecule has 6 nitrogen and oxygen atoms in total. The van der Waals surface area contributed by atoms with Gasteiger partial charge in [0, 0.05) is 29.7 Å². The van der Waals surface area contributed by atoms with Crippen LogP contribution in [0.5, 0.6) is 0 Å². The number of benzene rings is 1. The Morgan fingerprint density at radius 1 is 1.50 bits per heavy atom. The average Bonchev–Trinajstić information content (AvgIpc) is 2.41. The Labute approximate surface area is 120 Å². The first-order valence-corrected chi connectivity index (χ1v) is 7.37. The summed E-state index contributed by atoms with van der Waals surface area (Å²) in [6, 6.07) is 4.25. The second-order valence-corrected chi connectivity index (χ2v) is 6.23. The highest BCUT2D eigenvalue weighted by atomic mass is 32.2. The van der Waals surface area contributed by atoms with E-state index in [0.717, 1.165) is 5.75 Å². The summed E-state index contributed by atoms with van der Waals surface area (Å²) < 4.78 is 0. The molecule has 1 saturated heterocycles. The molecule has 0 bridgehead atoms. The van der Waals surface area contributed by atoms with Crippen molar-refractivity contribution in [3.05, 3.63) is 33.9 Å². The Bertz CT molecular complexity index is 517. The highest BCUT2D eigenvalue weighted by Crippen LogP contribution is 2.37. The molecule has 0 radical (unpaired) electrons. The zero-order valence-corrected chi connectivity index (χ0v) is 12.1. The van der Waals surface area contributed by atoms with Crippen molar-refractivity contribution in [1.29, 1.82) is 0 Å². The van der Waals surface area contributed by atoms with E-state index in [4.69, 9.17) is 0 Å². The van der Waals surface area contributed by atoms with Gasteiger partial charge in [-0.05, 0) is 13.0 Å². The first kappa shape index (κ1) is 14.6. The number of thioether (sulfide) groups is 1. The van der Waals surface area contributed by atoms with Gasteiger partial charge in [0.25, 0.3) is 5.69 Å². The standard InChI is InChI=1S/C13H16N2O4S/c1-8-9(2)20-7-6-14(8)12-10(13(16)17)4-3-5-11(12)15(18)19/h3-5,8-9H,6-7H2,1-2H3,(H,16,17). The highest BCUT2D eigenvalue weighted by Gasteiger charge is 2.33. The summed E-state index contributed by atoms with van der Waals surface area (Å²) >= 11 is 1.79. The minimum Gasteiger partial charge on any atom is -0.478 e. The monoisotopic (exact) mass is 296 g/mol. The number of carboxylic acids is 1. The van der Waals surface area contributed by atoms with Crippen molar-refractivity contribution in [2.75, 3.05) is 17.2 Å². The molecule has 20 heavy (non-hydrogen) atoms. The predicted molar refractivity (Wildman–Crippen MR) is 78.8 cm³/mol. The van der Waals surface area contributed by atoms with Crippen LogP contribution >= 0.6 is 11.8 Å². The summed E-state index contributed by atoms with van der Waals surface area (Å²) in [5, 5.41) is 20.8. The number of aromatic carboxylic acids is 1. The molecule has 2 rings (SSSR count). The van der Waals surface area contributed by atoms with Crippen LogP contribution in [0.25, 0.3) is 0 Å². The third-order valence-corrected chi connectivity index (χ3v) is 4.95. The predicted octanol–water partition coefficient (Wildman–Crippen LogP) is 2.62. The number of anilines is 1. The van der Waals surface area contributed by atoms with Gasteiger partial charge in [-0.1, -0.05) is 13.0 Å². The SMILES string of the molecule is CC1SCCN(c2c(C(=O)O)cccc2[N+](=O)[O-])C1C. The molecule has 0 aromatic heterocycles. The number of para-hydroxylation sites is 1. The van der Waals surface area contributed by atoms with Gasteiger partial charge in [0.05, 0.1) is 10.5 Å². The number of nitrogens with zero attached hydrogens (tertiary/aromatic N) is 2. The molecule has 7 heteroatoms. The maximum absolute atomic E-state index is 11.4. The summed E-state index contributed by atoms with van der Waals surface area (Å²) in [6.07, 6.45) is 0. The smallest absolute Gasteiger partial charge is 0.338 e. The van der Waals surface area contributed by atoms with Crippen LogP contribution in [0.4, 0.5) is 11.4 Å².